The van der Waals surface area contributed by atoms with Crippen LogP contribution < -0.4 is 4.90 Å². The summed E-state index contributed by atoms with van der Waals surface area (Å²) in [4.78, 5) is 12.9. The highest BCUT2D eigenvalue weighted by Crippen LogP contribution is 2.37. The van der Waals surface area contributed by atoms with Crippen LogP contribution in [0.4, 0.5) is 18.9 Å². The average molecular weight is 289 g/mol. The molecule has 1 aliphatic rings. The number of hydrogen-bond acceptors (Lipinski definition) is 3. The molecule has 0 aliphatic carbocycles. The van der Waals surface area contributed by atoms with Gasteiger partial charge in [0.2, 0.25) is 0 Å². The van der Waals surface area contributed by atoms with Crippen molar-refractivity contribution in [3.63, 3.8) is 0 Å². The number of halogens is 3. The van der Waals surface area contributed by atoms with E-state index in [9.17, 15) is 18.0 Å². The lowest BCUT2D eigenvalue weighted by Gasteiger charge is -2.33. The SMILES string of the molecule is O=C1COC(CCO)CN1c1ccccc1C(F)(F)F. The predicted octanol–water partition coefficient (Wildman–Crippen LogP) is 1.82. The number of carbonyl (C=O) groups excluding carboxylic acids is 1. The summed E-state index contributed by atoms with van der Waals surface area (Å²) in [5, 5.41) is 8.86. The number of para-hydroxylation sites is 1. The van der Waals surface area contributed by atoms with Gasteiger partial charge in [-0.3, -0.25) is 4.79 Å². The summed E-state index contributed by atoms with van der Waals surface area (Å²) in [6.07, 6.45) is -4.71. The Labute approximate surface area is 113 Å². The van der Waals surface area contributed by atoms with Gasteiger partial charge in [0.25, 0.3) is 5.91 Å². The van der Waals surface area contributed by atoms with E-state index in [-0.39, 0.29) is 31.9 Å². The van der Waals surface area contributed by atoms with E-state index >= 15 is 0 Å². The van der Waals surface area contributed by atoms with Crippen molar-refractivity contribution in [3.05, 3.63) is 29.8 Å². The van der Waals surface area contributed by atoms with Crippen LogP contribution >= 0.6 is 0 Å². The molecular weight excluding hydrogens is 275 g/mol. The standard InChI is InChI=1S/C13H14F3NO3/c14-13(15,16)10-3-1-2-4-11(10)17-7-9(5-6-18)20-8-12(17)19/h1-4,9,18H,5-8H2. The molecule has 1 atom stereocenters. The number of nitrogens with zero attached hydrogens (tertiary/aromatic N) is 1. The molecule has 7 heteroatoms. The fourth-order valence-electron chi connectivity index (χ4n) is 2.13. The minimum atomic E-state index is -4.53. The summed E-state index contributed by atoms with van der Waals surface area (Å²) in [5.74, 6) is -0.518. The van der Waals surface area contributed by atoms with Crippen molar-refractivity contribution in [1.82, 2.24) is 0 Å². The van der Waals surface area contributed by atoms with Gasteiger partial charge in [-0.25, -0.2) is 0 Å². The van der Waals surface area contributed by atoms with Crippen molar-refractivity contribution >= 4 is 11.6 Å². The van der Waals surface area contributed by atoms with Gasteiger partial charge in [0, 0.05) is 6.61 Å². The molecule has 1 unspecified atom stereocenters. The summed E-state index contributed by atoms with van der Waals surface area (Å²) >= 11 is 0. The predicted molar refractivity (Wildman–Crippen MR) is 65.2 cm³/mol. The van der Waals surface area contributed by atoms with Crippen LogP contribution in [0.25, 0.3) is 0 Å². The minimum Gasteiger partial charge on any atom is -0.396 e. The highest BCUT2D eigenvalue weighted by atomic mass is 19.4. The molecule has 20 heavy (non-hydrogen) atoms. The summed E-state index contributed by atoms with van der Waals surface area (Å²) in [6, 6.07) is 4.94. The first-order valence-electron chi connectivity index (χ1n) is 6.12. The summed E-state index contributed by atoms with van der Waals surface area (Å²) in [7, 11) is 0. The lowest BCUT2D eigenvalue weighted by molar-refractivity contribution is -0.137. The fraction of sp³-hybridized carbons (Fsp3) is 0.462. The lowest BCUT2D eigenvalue weighted by Crippen LogP contribution is -2.47. The zero-order chi connectivity index (χ0) is 14.8. The van der Waals surface area contributed by atoms with E-state index in [1.54, 1.807) is 0 Å². The third-order valence-corrected chi connectivity index (χ3v) is 3.08. The maximum atomic E-state index is 13.0. The largest absolute Gasteiger partial charge is 0.418 e. The fourth-order valence-corrected chi connectivity index (χ4v) is 2.13. The van der Waals surface area contributed by atoms with Gasteiger partial charge in [-0.05, 0) is 18.6 Å². The Morgan fingerprint density at radius 2 is 2.05 bits per heavy atom. The minimum absolute atomic E-state index is 0.00644. The summed E-state index contributed by atoms with van der Waals surface area (Å²) in [6.45, 7) is -0.420. The van der Waals surface area contributed by atoms with E-state index in [1.165, 1.54) is 18.2 Å². The highest BCUT2D eigenvalue weighted by molar-refractivity contribution is 5.95. The first-order chi connectivity index (χ1) is 9.43. The number of anilines is 1. The van der Waals surface area contributed by atoms with Gasteiger partial charge in [0.1, 0.15) is 6.61 Å². The number of alkyl halides is 3. The number of aliphatic hydroxyl groups excluding tert-OH is 1. The summed E-state index contributed by atoms with van der Waals surface area (Å²) in [5.41, 5.74) is -1.02. The smallest absolute Gasteiger partial charge is 0.396 e. The molecule has 1 heterocycles. The molecule has 2 rings (SSSR count). The molecular formula is C13H14F3NO3. The molecule has 1 amide bonds. The van der Waals surface area contributed by atoms with Crippen LogP contribution in [0.5, 0.6) is 0 Å². The molecule has 0 bridgehead atoms. The molecule has 0 spiro atoms. The van der Waals surface area contributed by atoms with Crippen LogP contribution in [-0.2, 0) is 15.7 Å². The quantitative estimate of drug-likeness (QED) is 0.923. The number of amides is 1. The molecule has 1 aliphatic heterocycles. The Hall–Kier alpha value is -1.60. The van der Waals surface area contributed by atoms with E-state index < -0.39 is 23.8 Å². The Kier molecular flexibility index (Phi) is 4.29. The Morgan fingerprint density at radius 3 is 2.70 bits per heavy atom. The number of benzene rings is 1. The molecule has 110 valence electrons. The number of carbonyl (C=O) groups is 1. The van der Waals surface area contributed by atoms with Crippen molar-refractivity contribution in [2.45, 2.75) is 18.7 Å². The van der Waals surface area contributed by atoms with Gasteiger partial charge in [-0.15, -0.1) is 0 Å². The van der Waals surface area contributed by atoms with Crippen molar-refractivity contribution in [3.8, 4) is 0 Å². The second-order valence-electron chi connectivity index (χ2n) is 4.46. The molecule has 1 fully saturated rings. The van der Waals surface area contributed by atoms with Crippen LogP contribution in [0, 0.1) is 0 Å². The Balaban J connectivity index is 2.32. The number of morpholine rings is 1. The monoisotopic (exact) mass is 289 g/mol. The maximum absolute atomic E-state index is 13.0. The molecule has 1 saturated heterocycles. The summed E-state index contributed by atoms with van der Waals surface area (Å²) < 4.78 is 44.1. The Morgan fingerprint density at radius 1 is 1.35 bits per heavy atom. The number of rotatable bonds is 3. The topological polar surface area (TPSA) is 49.8 Å². The second-order valence-corrected chi connectivity index (χ2v) is 4.46. The van der Waals surface area contributed by atoms with Gasteiger partial charge < -0.3 is 14.7 Å². The third-order valence-electron chi connectivity index (χ3n) is 3.08. The number of ether oxygens (including phenoxy) is 1. The van der Waals surface area contributed by atoms with Gasteiger partial charge in [-0.1, -0.05) is 12.1 Å². The van der Waals surface area contributed by atoms with Gasteiger partial charge >= 0.3 is 6.18 Å². The third kappa shape index (κ3) is 3.10. The van der Waals surface area contributed by atoms with Crippen molar-refractivity contribution in [1.29, 1.82) is 0 Å². The van der Waals surface area contributed by atoms with Crippen LogP contribution in [-0.4, -0.2) is 36.9 Å². The number of hydrogen-bond donors (Lipinski definition) is 1. The molecule has 4 nitrogen and oxygen atoms in total. The number of aliphatic hydroxyl groups is 1. The maximum Gasteiger partial charge on any atom is 0.418 e. The highest BCUT2D eigenvalue weighted by Gasteiger charge is 2.37. The zero-order valence-corrected chi connectivity index (χ0v) is 10.6. The van der Waals surface area contributed by atoms with Gasteiger partial charge in [0.15, 0.2) is 0 Å². The van der Waals surface area contributed by atoms with Crippen LogP contribution in [0.1, 0.15) is 12.0 Å². The van der Waals surface area contributed by atoms with Crippen LogP contribution in [0.3, 0.4) is 0 Å². The zero-order valence-electron chi connectivity index (χ0n) is 10.6. The van der Waals surface area contributed by atoms with E-state index in [2.05, 4.69) is 0 Å². The lowest BCUT2D eigenvalue weighted by atomic mass is 10.1. The van der Waals surface area contributed by atoms with E-state index in [1.807, 2.05) is 0 Å². The average Bonchev–Trinajstić information content (AvgIpc) is 2.40. The van der Waals surface area contributed by atoms with Crippen LogP contribution in [0.15, 0.2) is 24.3 Å². The molecule has 0 saturated carbocycles. The van der Waals surface area contributed by atoms with Gasteiger partial charge in [-0.2, -0.15) is 13.2 Å². The molecule has 0 aromatic heterocycles. The van der Waals surface area contributed by atoms with E-state index in [0.717, 1.165) is 11.0 Å². The van der Waals surface area contributed by atoms with E-state index in [0.29, 0.717) is 0 Å². The Bertz CT molecular complexity index is 490. The first-order valence-corrected chi connectivity index (χ1v) is 6.12. The van der Waals surface area contributed by atoms with Crippen molar-refractivity contribution in [2.24, 2.45) is 0 Å². The van der Waals surface area contributed by atoms with Gasteiger partial charge in [0.05, 0.1) is 23.9 Å². The normalized spacial score (nSPS) is 20.3. The van der Waals surface area contributed by atoms with Crippen molar-refractivity contribution < 1.29 is 27.8 Å². The van der Waals surface area contributed by atoms with Crippen LogP contribution in [0.2, 0.25) is 0 Å². The molecule has 0 radical (unpaired) electrons. The molecule has 1 aromatic carbocycles. The van der Waals surface area contributed by atoms with Crippen molar-refractivity contribution in [2.75, 3.05) is 24.7 Å². The molecule has 1 N–H and O–H groups in total. The van der Waals surface area contributed by atoms with E-state index in [4.69, 9.17) is 9.84 Å². The second kappa shape index (κ2) is 5.80. The first kappa shape index (κ1) is 14.8. The molecule has 1 aromatic rings.